The van der Waals surface area contributed by atoms with Gasteiger partial charge in [0.15, 0.2) is 0 Å². The largest absolute Gasteiger partial charge is 0.310 e. The molecule has 0 aromatic carbocycles. The summed E-state index contributed by atoms with van der Waals surface area (Å²) >= 11 is 1.71. The third-order valence-electron chi connectivity index (χ3n) is 2.19. The van der Waals surface area contributed by atoms with Gasteiger partial charge in [0.05, 0.1) is 6.20 Å². The van der Waals surface area contributed by atoms with Crippen molar-refractivity contribution in [1.82, 2.24) is 20.1 Å². The molecular formula is C11H16N4S. The minimum atomic E-state index is 0.504. The number of aryl methyl sites for hydroxylation is 1. The first-order valence-corrected chi connectivity index (χ1v) is 6.14. The summed E-state index contributed by atoms with van der Waals surface area (Å²) in [4.78, 5) is 5.66. The summed E-state index contributed by atoms with van der Waals surface area (Å²) in [5, 5.41) is 8.56. The summed E-state index contributed by atoms with van der Waals surface area (Å²) in [6.45, 7) is 5.17. The number of nitrogens with zero attached hydrogens (tertiary/aromatic N) is 3. The maximum Gasteiger partial charge on any atom is 0.126 e. The highest BCUT2D eigenvalue weighted by Crippen LogP contribution is 2.24. The highest BCUT2D eigenvalue weighted by atomic mass is 32.1. The molecule has 2 aromatic heterocycles. The van der Waals surface area contributed by atoms with Crippen LogP contribution in [0.1, 0.15) is 18.7 Å². The molecule has 0 fully saturated rings. The molecule has 0 amide bonds. The van der Waals surface area contributed by atoms with Crippen LogP contribution in [0.5, 0.6) is 0 Å². The Balaban J connectivity index is 2.07. The number of hydrogen-bond acceptors (Lipinski definition) is 4. The van der Waals surface area contributed by atoms with E-state index in [1.807, 2.05) is 25.6 Å². The van der Waals surface area contributed by atoms with Crippen LogP contribution in [0.3, 0.4) is 0 Å². The molecule has 2 rings (SSSR count). The second-order valence-electron chi connectivity index (χ2n) is 4.07. The molecule has 0 saturated carbocycles. The fourth-order valence-corrected chi connectivity index (χ4v) is 2.20. The Labute approximate surface area is 99.3 Å². The van der Waals surface area contributed by atoms with Gasteiger partial charge in [-0.3, -0.25) is 4.68 Å². The maximum absolute atomic E-state index is 4.40. The summed E-state index contributed by atoms with van der Waals surface area (Å²) in [5.74, 6) is 0. The van der Waals surface area contributed by atoms with Crippen LogP contribution in [0.15, 0.2) is 18.6 Å². The molecule has 16 heavy (non-hydrogen) atoms. The van der Waals surface area contributed by atoms with Crippen molar-refractivity contribution in [3.05, 3.63) is 23.5 Å². The first-order chi connectivity index (χ1) is 7.65. The summed E-state index contributed by atoms with van der Waals surface area (Å²) in [5.41, 5.74) is 1.09. The van der Waals surface area contributed by atoms with Gasteiger partial charge >= 0.3 is 0 Å². The Hall–Kier alpha value is -1.20. The van der Waals surface area contributed by atoms with E-state index < -0.39 is 0 Å². The van der Waals surface area contributed by atoms with Crippen molar-refractivity contribution in [1.29, 1.82) is 0 Å². The number of thiazole rings is 1. The van der Waals surface area contributed by atoms with Crippen LogP contribution in [0.2, 0.25) is 0 Å². The summed E-state index contributed by atoms with van der Waals surface area (Å²) in [7, 11) is 1.92. The Morgan fingerprint density at radius 3 is 2.88 bits per heavy atom. The molecule has 0 aliphatic heterocycles. The lowest BCUT2D eigenvalue weighted by atomic mass is 10.4. The van der Waals surface area contributed by atoms with E-state index in [0.717, 1.165) is 17.1 Å². The van der Waals surface area contributed by atoms with Crippen molar-refractivity contribution in [2.24, 2.45) is 7.05 Å². The summed E-state index contributed by atoms with van der Waals surface area (Å²) in [6, 6.07) is 0.504. The van der Waals surface area contributed by atoms with Crippen molar-refractivity contribution in [3.8, 4) is 10.6 Å². The van der Waals surface area contributed by atoms with Crippen LogP contribution in [0, 0.1) is 0 Å². The zero-order chi connectivity index (χ0) is 11.5. The average Bonchev–Trinajstić information content (AvgIpc) is 2.83. The van der Waals surface area contributed by atoms with E-state index in [9.17, 15) is 0 Å². The van der Waals surface area contributed by atoms with Gasteiger partial charge in [0.1, 0.15) is 5.01 Å². The number of rotatable bonds is 4. The highest BCUT2D eigenvalue weighted by molar-refractivity contribution is 7.15. The van der Waals surface area contributed by atoms with Crippen LogP contribution < -0.4 is 5.32 Å². The zero-order valence-electron chi connectivity index (χ0n) is 9.77. The maximum atomic E-state index is 4.40. The van der Waals surface area contributed by atoms with Crippen molar-refractivity contribution in [3.63, 3.8) is 0 Å². The molecule has 0 aliphatic carbocycles. The van der Waals surface area contributed by atoms with Gasteiger partial charge in [-0.25, -0.2) is 4.98 Å². The van der Waals surface area contributed by atoms with Gasteiger partial charge in [-0.05, 0) is 0 Å². The van der Waals surface area contributed by atoms with E-state index in [1.165, 1.54) is 4.88 Å². The molecule has 0 bridgehead atoms. The van der Waals surface area contributed by atoms with Gasteiger partial charge < -0.3 is 5.32 Å². The fraction of sp³-hybridized carbons (Fsp3) is 0.455. The van der Waals surface area contributed by atoms with Gasteiger partial charge in [-0.15, -0.1) is 11.3 Å². The average molecular weight is 236 g/mol. The molecule has 0 saturated heterocycles. The van der Waals surface area contributed by atoms with Crippen LogP contribution in [0.25, 0.3) is 10.6 Å². The number of aromatic nitrogens is 3. The summed E-state index contributed by atoms with van der Waals surface area (Å²) in [6.07, 6.45) is 5.76. The lowest BCUT2D eigenvalue weighted by molar-refractivity contribution is 0.593. The second-order valence-corrected chi connectivity index (χ2v) is 5.19. The molecule has 0 radical (unpaired) electrons. The van der Waals surface area contributed by atoms with Gasteiger partial charge in [-0.1, -0.05) is 13.8 Å². The fourth-order valence-electron chi connectivity index (χ4n) is 1.36. The van der Waals surface area contributed by atoms with Gasteiger partial charge in [0.25, 0.3) is 0 Å². The summed E-state index contributed by atoms with van der Waals surface area (Å²) < 4.78 is 1.79. The molecule has 5 heteroatoms. The van der Waals surface area contributed by atoms with E-state index in [2.05, 4.69) is 29.2 Å². The van der Waals surface area contributed by atoms with Crippen LogP contribution in [-0.4, -0.2) is 20.8 Å². The Morgan fingerprint density at radius 2 is 2.25 bits per heavy atom. The Morgan fingerprint density at radius 1 is 1.44 bits per heavy atom. The molecule has 0 aliphatic rings. The van der Waals surface area contributed by atoms with Gasteiger partial charge in [0, 0.05) is 42.5 Å². The van der Waals surface area contributed by atoms with E-state index in [0.29, 0.717) is 6.04 Å². The van der Waals surface area contributed by atoms with E-state index in [4.69, 9.17) is 0 Å². The lowest BCUT2D eigenvalue weighted by Crippen LogP contribution is -2.21. The van der Waals surface area contributed by atoms with Crippen LogP contribution in [0.4, 0.5) is 0 Å². The second kappa shape index (κ2) is 4.76. The molecule has 1 N–H and O–H groups in total. The Bertz CT molecular complexity index is 458. The molecule has 0 unspecified atom stereocenters. The predicted molar refractivity (Wildman–Crippen MR) is 66.3 cm³/mol. The quantitative estimate of drug-likeness (QED) is 0.883. The molecule has 4 nitrogen and oxygen atoms in total. The normalized spacial score (nSPS) is 11.2. The van der Waals surface area contributed by atoms with Crippen LogP contribution >= 0.6 is 11.3 Å². The van der Waals surface area contributed by atoms with Crippen molar-refractivity contribution < 1.29 is 0 Å². The van der Waals surface area contributed by atoms with Crippen molar-refractivity contribution >= 4 is 11.3 Å². The standard InChI is InChI=1S/C11H16N4S/c1-8(2)12-5-10-6-13-11(16-10)9-4-14-15(3)7-9/h4,6-8,12H,5H2,1-3H3. The SMILES string of the molecule is CC(C)NCc1cnc(-c2cnn(C)c2)s1. The third kappa shape index (κ3) is 2.68. The predicted octanol–water partition coefficient (Wildman–Crippen LogP) is 2.04. The smallest absolute Gasteiger partial charge is 0.126 e. The Kier molecular flexibility index (Phi) is 3.36. The van der Waals surface area contributed by atoms with E-state index in [1.54, 1.807) is 16.0 Å². The first kappa shape index (κ1) is 11.3. The number of nitrogens with one attached hydrogen (secondary N) is 1. The zero-order valence-corrected chi connectivity index (χ0v) is 10.6. The first-order valence-electron chi connectivity index (χ1n) is 5.32. The minimum absolute atomic E-state index is 0.504. The highest BCUT2D eigenvalue weighted by Gasteiger charge is 2.06. The third-order valence-corrected chi connectivity index (χ3v) is 3.24. The van der Waals surface area contributed by atoms with Gasteiger partial charge in [0.2, 0.25) is 0 Å². The van der Waals surface area contributed by atoms with E-state index >= 15 is 0 Å². The molecule has 86 valence electrons. The lowest BCUT2D eigenvalue weighted by Gasteiger charge is -2.04. The monoisotopic (exact) mass is 236 g/mol. The van der Waals surface area contributed by atoms with Gasteiger partial charge in [-0.2, -0.15) is 5.10 Å². The van der Waals surface area contributed by atoms with Crippen molar-refractivity contribution in [2.45, 2.75) is 26.4 Å². The molecule has 0 atom stereocenters. The van der Waals surface area contributed by atoms with E-state index in [-0.39, 0.29) is 0 Å². The van der Waals surface area contributed by atoms with Crippen LogP contribution in [-0.2, 0) is 13.6 Å². The molecule has 2 aromatic rings. The molecule has 0 spiro atoms. The van der Waals surface area contributed by atoms with Crippen molar-refractivity contribution in [2.75, 3.05) is 0 Å². The minimum Gasteiger partial charge on any atom is -0.310 e. The molecular weight excluding hydrogens is 220 g/mol. The topological polar surface area (TPSA) is 42.7 Å². The number of hydrogen-bond donors (Lipinski definition) is 1. The molecule has 2 heterocycles.